The smallest absolute Gasteiger partial charge is 0.370 e. The van der Waals surface area contributed by atoms with Crippen molar-refractivity contribution < 1.29 is 13.2 Å². The van der Waals surface area contributed by atoms with Crippen LogP contribution in [0.15, 0.2) is 29.3 Å². The quantitative estimate of drug-likeness (QED) is 0.492. The number of unbranched alkanes of at least 4 members (excludes halogenated alkanes) is 1. The lowest BCUT2D eigenvalue weighted by atomic mass is 10.1. The molecule has 1 rings (SSSR count). The maximum Gasteiger partial charge on any atom is 0.416 e. The van der Waals surface area contributed by atoms with Crippen LogP contribution < -0.4 is 11.1 Å². The molecule has 0 aliphatic carbocycles. The van der Waals surface area contributed by atoms with Gasteiger partial charge in [0.05, 0.1) is 12.1 Å². The van der Waals surface area contributed by atoms with Crippen LogP contribution in [-0.2, 0) is 12.7 Å². The molecule has 0 fully saturated rings. The van der Waals surface area contributed by atoms with Crippen molar-refractivity contribution >= 4 is 5.96 Å². The second kappa shape index (κ2) is 7.01. The SMILES string of the molecule is CCCCNC(N)=NCc1cccc(C(F)(F)F)c1. The van der Waals surface area contributed by atoms with Crippen LogP contribution in [0.3, 0.4) is 0 Å². The van der Waals surface area contributed by atoms with Crippen LogP contribution in [0.25, 0.3) is 0 Å². The van der Waals surface area contributed by atoms with E-state index in [1.807, 2.05) is 0 Å². The van der Waals surface area contributed by atoms with Crippen LogP contribution in [0, 0.1) is 0 Å². The monoisotopic (exact) mass is 273 g/mol. The molecule has 106 valence electrons. The molecule has 0 bridgehead atoms. The molecule has 0 aliphatic rings. The summed E-state index contributed by atoms with van der Waals surface area (Å²) in [7, 11) is 0. The second-order valence-electron chi connectivity index (χ2n) is 4.18. The highest BCUT2D eigenvalue weighted by Crippen LogP contribution is 2.29. The Kier molecular flexibility index (Phi) is 5.66. The molecule has 0 radical (unpaired) electrons. The van der Waals surface area contributed by atoms with Crippen molar-refractivity contribution in [1.29, 1.82) is 0 Å². The molecule has 1 aromatic rings. The number of rotatable bonds is 5. The fourth-order valence-corrected chi connectivity index (χ4v) is 1.47. The molecular weight excluding hydrogens is 255 g/mol. The number of guanidine groups is 1. The van der Waals surface area contributed by atoms with Crippen LogP contribution in [0.1, 0.15) is 30.9 Å². The van der Waals surface area contributed by atoms with Crippen molar-refractivity contribution in [2.24, 2.45) is 10.7 Å². The van der Waals surface area contributed by atoms with Crippen LogP contribution in [-0.4, -0.2) is 12.5 Å². The normalized spacial score (nSPS) is 12.5. The third kappa shape index (κ3) is 5.63. The Morgan fingerprint density at radius 1 is 1.37 bits per heavy atom. The van der Waals surface area contributed by atoms with E-state index < -0.39 is 11.7 Å². The first kappa shape index (κ1) is 15.3. The van der Waals surface area contributed by atoms with Crippen LogP contribution >= 0.6 is 0 Å². The van der Waals surface area contributed by atoms with Crippen LogP contribution in [0.4, 0.5) is 13.2 Å². The van der Waals surface area contributed by atoms with Gasteiger partial charge >= 0.3 is 6.18 Å². The molecule has 0 aromatic heterocycles. The van der Waals surface area contributed by atoms with E-state index in [2.05, 4.69) is 17.2 Å². The van der Waals surface area contributed by atoms with E-state index in [0.29, 0.717) is 12.1 Å². The Morgan fingerprint density at radius 3 is 2.74 bits per heavy atom. The first-order valence-corrected chi connectivity index (χ1v) is 6.13. The van der Waals surface area contributed by atoms with E-state index in [1.54, 1.807) is 6.07 Å². The lowest BCUT2D eigenvalue weighted by molar-refractivity contribution is -0.137. The fraction of sp³-hybridized carbons (Fsp3) is 0.462. The number of hydrogen-bond donors (Lipinski definition) is 2. The Bertz CT molecular complexity index is 427. The van der Waals surface area contributed by atoms with Gasteiger partial charge < -0.3 is 11.1 Å². The highest BCUT2D eigenvalue weighted by Gasteiger charge is 2.30. The predicted molar refractivity (Wildman–Crippen MR) is 69.7 cm³/mol. The van der Waals surface area contributed by atoms with E-state index in [9.17, 15) is 13.2 Å². The van der Waals surface area contributed by atoms with Gasteiger partial charge in [-0.2, -0.15) is 13.2 Å². The van der Waals surface area contributed by atoms with Crippen molar-refractivity contribution in [3.8, 4) is 0 Å². The zero-order valence-electron chi connectivity index (χ0n) is 10.8. The Balaban J connectivity index is 2.60. The summed E-state index contributed by atoms with van der Waals surface area (Å²) in [5.41, 5.74) is 5.42. The van der Waals surface area contributed by atoms with Crippen molar-refractivity contribution in [2.75, 3.05) is 6.54 Å². The summed E-state index contributed by atoms with van der Waals surface area (Å²) < 4.78 is 37.5. The molecule has 0 heterocycles. The molecule has 0 atom stereocenters. The Morgan fingerprint density at radius 2 is 2.11 bits per heavy atom. The molecule has 3 nitrogen and oxygen atoms in total. The molecule has 0 spiro atoms. The third-order valence-electron chi connectivity index (χ3n) is 2.52. The van der Waals surface area contributed by atoms with Crippen molar-refractivity contribution in [2.45, 2.75) is 32.5 Å². The van der Waals surface area contributed by atoms with Gasteiger partial charge in [0.2, 0.25) is 0 Å². The summed E-state index contributed by atoms with van der Waals surface area (Å²) >= 11 is 0. The molecule has 0 unspecified atom stereocenters. The van der Waals surface area contributed by atoms with E-state index in [1.165, 1.54) is 6.07 Å². The van der Waals surface area contributed by atoms with Gasteiger partial charge in [0.25, 0.3) is 0 Å². The largest absolute Gasteiger partial charge is 0.416 e. The summed E-state index contributed by atoms with van der Waals surface area (Å²) in [5, 5.41) is 2.90. The summed E-state index contributed by atoms with van der Waals surface area (Å²) in [4.78, 5) is 4.01. The molecule has 1 aromatic carbocycles. The van der Waals surface area contributed by atoms with Gasteiger partial charge in [-0.15, -0.1) is 0 Å². The number of nitrogens with two attached hydrogens (primary N) is 1. The molecular formula is C13H18F3N3. The van der Waals surface area contributed by atoms with Gasteiger partial charge in [0.1, 0.15) is 0 Å². The van der Waals surface area contributed by atoms with E-state index in [-0.39, 0.29) is 12.5 Å². The number of aliphatic imine (C=N–C) groups is 1. The Labute approximate surface area is 110 Å². The van der Waals surface area contributed by atoms with E-state index in [0.717, 1.165) is 25.0 Å². The highest BCUT2D eigenvalue weighted by molar-refractivity contribution is 5.77. The zero-order valence-corrected chi connectivity index (χ0v) is 10.8. The van der Waals surface area contributed by atoms with Crippen LogP contribution in [0.2, 0.25) is 0 Å². The average molecular weight is 273 g/mol. The number of nitrogens with one attached hydrogen (secondary N) is 1. The average Bonchev–Trinajstić information content (AvgIpc) is 2.36. The summed E-state index contributed by atoms with van der Waals surface area (Å²) in [5.74, 6) is 0.255. The summed E-state index contributed by atoms with van der Waals surface area (Å²) in [6.07, 6.45) is -2.32. The standard InChI is InChI=1S/C13H18F3N3/c1-2-3-7-18-12(17)19-9-10-5-4-6-11(8-10)13(14,15)16/h4-6,8H,2-3,7,9H2,1H3,(H3,17,18,19). The number of halogens is 3. The van der Waals surface area contributed by atoms with Crippen molar-refractivity contribution in [3.63, 3.8) is 0 Å². The molecule has 0 saturated heterocycles. The lowest BCUT2D eigenvalue weighted by Crippen LogP contribution is -2.32. The van der Waals surface area contributed by atoms with E-state index >= 15 is 0 Å². The minimum atomic E-state index is -4.33. The Hall–Kier alpha value is -1.72. The van der Waals surface area contributed by atoms with Crippen LogP contribution in [0.5, 0.6) is 0 Å². The molecule has 0 amide bonds. The first-order valence-electron chi connectivity index (χ1n) is 6.13. The van der Waals surface area contributed by atoms with Gasteiger partial charge in [0, 0.05) is 6.54 Å². The molecule has 19 heavy (non-hydrogen) atoms. The third-order valence-corrected chi connectivity index (χ3v) is 2.52. The maximum atomic E-state index is 12.5. The number of nitrogens with zero attached hydrogens (tertiary/aromatic N) is 1. The first-order chi connectivity index (χ1) is 8.93. The van der Waals surface area contributed by atoms with E-state index in [4.69, 9.17) is 5.73 Å². The van der Waals surface area contributed by atoms with Crippen molar-refractivity contribution in [3.05, 3.63) is 35.4 Å². The van der Waals surface area contributed by atoms with Gasteiger partial charge in [-0.05, 0) is 24.1 Å². The van der Waals surface area contributed by atoms with Crippen molar-refractivity contribution in [1.82, 2.24) is 5.32 Å². The van der Waals surface area contributed by atoms with Gasteiger partial charge in [-0.25, -0.2) is 4.99 Å². The number of hydrogen-bond acceptors (Lipinski definition) is 1. The number of alkyl halides is 3. The maximum absolute atomic E-state index is 12.5. The summed E-state index contributed by atoms with van der Waals surface area (Å²) in [6.45, 7) is 2.90. The molecule has 0 saturated carbocycles. The zero-order chi connectivity index (χ0) is 14.3. The minimum absolute atomic E-state index is 0.134. The minimum Gasteiger partial charge on any atom is -0.370 e. The molecule has 3 N–H and O–H groups in total. The highest BCUT2D eigenvalue weighted by atomic mass is 19.4. The van der Waals surface area contributed by atoms with Gasteiger partial charge in [0.15, 0.2) is 5.96 Å². The predicted octanol–water partition coefficient (Wildman–Crippen LogP) is 2.91. The van der Waals surface area contributed by atoms with Gasteiger partial charge in [-0.3, -0.25) is 0 Å². The summed E-state index contributed by atoms with van der Waals surface area (Å²) in [6, 6.07) is 5.09. The van der Waals surface area contributed by atoms with Gasteiger partial charge in [-0.1, -0.05) is 25.5 Å². The topological polar surface area (TPSA) is 50.4 Å². The lowest BCUT2D eigenvalue weighted by Gasteiger charge is -2.08. The molecule has 6 heteroatoms. The molecule has 0 aliphatic heterocycles. The second-order valence-corrected chi connectivity index (χ2v) is 4.18. The number of benzene rings is 1. The fourth-order valence-electron chi connectivity index (χ4n) is 1.47.